The smallest absolute Gasteiger partial charge is 0.256 e. The van der Waals surface area contributed by atoms with Crippen molar-refractivity contribution in [3.05, 3.63) is 89.2 Å². The first-order chi connectivity index (χ1) is 13.1. The Morgan fingerprint density at radius 1 is 1.00 bits per heavy atom. The summed E-state index contributed by atoms with van der Waals surface area (Å²) in [6.45, 7) is 1.93. The number of hydrogen-bond donors (Lipinski definition) is 1. The molecule has 2 aromatic carbocycles. The van der Waals surface area contributed by atoms with E-state index in [4.69, 9.17) is 16.6 Å². The quantitative estimate of drug-likeness (QED) is 0.515. The molecule has 0 spiro atoms. The van der Waals surface area contributed by atoms with Gasteiger partial charge in [0.1, 0.15) is 0 Å². The molecule has 0 saturated carbocycles. The molecule has 0 unspecified atom stereocenters. The maximum atomic E-state index is 13.1. The van der Waals surface area contributed by atoms with Gasteiger partial charge in [0.25, 0.3) is 5.91 Å². The minimum atomic E-state index is -0.200. The van der Waals surface area contributed by atoms with Crippen LogP contribution in [0.2, 0.25) is 5.02 Å². The van der Waals surface area contributed by atoms with Crippen LogP contribution in [0.1, 0.15) is 15.9 Å². The standard InChI is InChI=1S/C22H16ClN3O/c1-14-6-7-16(23)12-20(14)26-22(27)18-13-21(15-8-10-24-11-9-15)25-19-5-3-2-4-17(18)19/h2-13H,1H3,(H,26,27). The van der Waals surface area contributed by atoms with E-state index >= 15 is 0 Å². The normalized spacial score (nSPS) is 10.7. The van der Waals surface area contributed by atoms with E-state index in [0.717, 1.165) is 27.7 Å². The number of fused-ring (bicyclic) bond motifs is 1. The zero-order valence-electron chi connectivity index (χ0n) is 14.6. The molecule has 0 aliphatic carbocycles. The van der Waals surface area contributed by atoms with Gasteiger partial charge in [0.2, 0.25) is 0 Å². The molecule has 1 N–H and O–H groups in total. The van der Waals surface area contributed by atoms with Gasteiger partial charge in [-0.2, -0.15) is 0 Å². The molecule has 0 aliphatic heterocycles. The lowest BCUT2D eigenvalue weighted by Gasteiger charge is -2.12. The first kappa shape index (κ1) is 17.2. The number of aromatic nitrogens is 2. The topological polar surface area (TPSA) is 54.9 Å². The first-order valence-electron chi connectivity index (χ1n) is 8.49. The lowest BCUT2D eigenvalue weighted by molar-refractivity contribution is 0.102. The lowest BCUT2D eigenvalue weighted by Crippen LogP contribution is -2.14. The van der Waals surface area contributed by atoms with Crippen molar-refractivity contribution in [3.63, 3.8) is 0 Å². The minimum Gasteiger partial charge on any atom is -0.322 e. The number of anilines is 1. The molecule has 0 bridgehead atoms. The van der Waals surface area contributed by atoms with Gasteiger partial charge in [0.05, 0.1) is 16.8 Å². The van der Waals surface area contributed by atoms with Crippen LogP contribution < -0.4 is 5.32 Å². The molecule has 0 aliphatic rings. The summed E-state index contributed by atoms with van der Waals surface area (Å²) in [5.41, 5.74) is 4.60. The molecule has 0 radical (unpaired) electrons. The molecule has 5 heteroatoms. The molecule has 0 atom stereocenters. The highest BCUT2D eigenvalue weighted by molar-refractivity contribution is 6.31. The van der Waals surface area contributed by atoms with Gasteiger partial charge in [0, 0.05) is 34.1 Å². The van der Waals surface area contributed by atoms with Crippen LogP contribution in [0.25, 0.3) is 22.2 Å². The second-order valence-corrected chi connectivity index (χ2v) is 6.66. The highest BCUT2D eigenvalue weighted by atomic mass is 35.5. The summed E-state index contributed by atoms with van der Waals surface area (Å²) >= 11 is 6.08. The zero-order chi connectivity index (χ0) is 18.8. The molecule has 4 rings (SSSR count). The highest BCUT2D eigenvalue weighted by Crippen LogP contribution is 2.26. The third-order valence-corrected chi connectivity index (χ3v) is 4.62. The van der Waals surface area contributed by atoms with Crippen molar-refractivity contribution in [3.8, 4) is 11.3 Å². The largest absolute Gasteiger partial charge is 0.322 e. The summed E-state index contributed by atoms with van der Waals surface area (Å²) in [5.74, 6) is -0.200. The van der Waals surface area contributed by atoms with Crippen molar-refractivity contribution < 1.29 is 4.79 Å². The summed E-state index contributed by atoms with van der Waals surface area (Å²) in [6.07, 6.45) is 3.42. The summed E-state index contributed by atoms with van der Waals surface area (Å²) in [4.78, 5) is 21.8. The van der Waals surface area contributed by atoms with Crippen LogP contribution in [0.15, 0.2) is 73.1 Å². The van der Waals surface area contributed by atoms with Gasteiger partial charge >= 0.3 is 0 Å². The summed E-state index contributed by atoms with van der Waals surface area (Å²) in [5, 5.41) is 4.35. The maximum Gasteiger partial charge on any atom is 0.256 e. The molecular formula is C22H16ClN3O. The average Bonchev–Trinajstić information content (AvgIpc) is 2.70. The third-order valence-electron chi connectivity index (χ3n) is 4.38. The summed E-state index contributed by atoms with van der Waals surface area (Å²) in [6, 6.07) is 18.6. The number of aryl methyl sites for hydroxylation is 1. The van der Waals surface area contributed by atoms with Gasteiger partial charge in [-0.1, -0.05) is 35.9 Å². The third kappa shape index (κ3) is 3.52. The molecule has 132 valence electrons. The zero-order valence-corrected chi connectivity index (χ0v) is 15.4. The predicted octanol–water partition coefficient (Wildman–Crippen LogP) is 5.51. The second kappa shape index (κ2) is 7.17. The minimum absolute atomic E-state index is 0.200. The van der Waals surface area contributed by atoms with Crippen LogP contribution in [-0.4, -0.2) is 15.9 Å². The highest BCUT2D eigenvalue weighted by Gasteiger charge is 2.15. The number of nitrogens with one attached hydrogen (secondary N) is 1. The van der Waals surface area contributed by atoms with E-state index in [1.165, 1.54) is 0 Å². The Balaban J connectivity index is 1.82. The van der Waals surface area contributed by atoms with Gasteiger partial charge in [-0.15, -0.1) is 0 Å². The van der Waals surface area contributed by atoms with Gasteiger partial charge in [-0.25, -0.2) is 4.98 Å². The van der Waals surface area contributed by atoms with Crippen LogP contribution in [-0.2, 0) is 0 Å². The van der Waals surface area contributed by atoms with Crippen LogP contribution in [0, 0.1) is 6.92 Å². The molecule has 2 heterocycles. The van der Waals surface area contributed by atoms with E-state index in [2.05, 4.69) is 10.3 Å². The van der Waals surface area contributed by atoms with Crippen molar-refractivity contribution in [1.29, 1.82) is 0 Å². The molecular weight excluding hydrogens is 358 g/mol. The molecule has 0 fully saturated rings. The number of nitrogens with zero attached hydrogens (tertiary/aromatic N) is 2. The fourth-order valence-corrected chi connectivity index (χ4v) is 3.12. The monoisotopic (exact) mass is 373 g/mol. The van der Waals surface area contributed by atoms with Crippen LogP contribution in [0.3, 0.4) is 0 Å². The van der Waals surface area contributed by atoms with E-state index in [9.17, 15) is 4.79 Å². The van der Waals surface area contributed by atoms with Gasteiger partial charge in [-0.05, 0) is 48.9 Å². The Kier molecular flexibility index (Phi) is 4.57. The van der Waals surface area contributed by atoms with Gasteiger partial charge in [-0.3, -0.25) is 9.78 Å². The number of hydrogen-bond acceptors (Lipinski definition) is 3. The van der Waals surface area contributed by atoms with Crippen molar-refractivity contribution in [1.82, 2.24) is 9.97 Å². The van der Waals surface area contributed by atoms with Crippen molar-refractivity contribution in [2.24, 2.45) is 0 Å². The lowest BCUT2D eigenvalue weighted by atomic mass is 10.0. The fraction of sp³-hybridized carbons (Fsp3) is 0.0455. The fourth-order valence-electron chi connectivity index (χ4n) is 2.95. The van der Waals surface area contributed by atoms with E-state index in [1.54, 1.807) is 24.5 Å². The molecule has 1 amide bonds. The van der Waals surface area contributed by atoms with E-state index in [1.807, 2.05) is 55.5 Å². The number of amides is 1. The van der Waals surface area contributed by atoms with Gasteiger partial charge in [0.15, 0.2) is 0 Å². The van der Waals surface area contributed by atoms with Crippen molar-refractivity contribution in [2.75, 3.05) is 5.32 Å². The molecule has 0 saturated heterocycles. The molecule has 4 aromatic rings. The van der Waals surface area contributed by atoms with Crippen LogP contribution in [0.4, 0.5) is 5.69 Å². The predicted molar refractivity (Wildman–Crippen MR) is 109 cm³/mol. The maximum absolute atomic E-state index is 13.1. The Morgan fingerprint density at radius 3 is 2.59 bits per heavy atom. The number of pyridine rings is 2. The van der Waals surface area contributed by atoms with Crippen molar-refractivity contribution in [2.45, 2.75) is 6.92 Å². The molecule has 2 aromatic heterocycles. The number of para-hydroxylation sites is 1. The Bertz CT molecular complexity index is 1140. The summed E-state index contributed by atoms with van der Waals surface area (Å²) in [7, 11) is 0. The Labute approximate surface area is 161 Å². The Morgan fingerprint density at radius 2 is 1.78 bits per heavy atom. The Hall–Kier alpha value is -3.24. The number of rotatable bonds is 3. The molecule has 4 nitrogen and oxygen atoms in total. The van der Waals surface area contributed by atoms with Crippen LogP contribution in [0.5, 0.6) is 0 Å². The first-order valence-corrected chi connectivity index (χ1v) is 8.87. The second-order valence-electron chi connectivity index (χ2n) is 6.22. The SMILES string of the molecule is Cc1ccc(Cl)cc1NC(=O)c1cc(-c2ccncc2)nc2ccccc12. The number of benzene rings is 2. The van der Waals surface area contributed by atoms with E-state index in [0.29, 0.717) is 16.3 Å². The van der Waals surface area contributed by atoms with Crippen molar-refractivity contribution >= 4 is 34.1 Å². The average molecular weight is 374 g/mol. The summed E-state index contributed by atoms with van der Waals surface area (Å²) < 4.78 is 0. The number of carbonyl (C=O) groups excluding carboxylic acids is 1. The van der Waals surface area contributed by atoms with E-state index in [-0.39, 0.29) is 5.91 Å². The van der Waals surface area contributed by atoms with Crippen LogP contribution >= 0.6 is 11.6 Å². The number of halogens is 1. The number of carbonyl (C=O) groups is 1. The molecule has 27 heavy (non-hydrogen) atoms. The van der Waals surface area contributed by atoms with E-state index < -0.39 is 0 Å². The van der Waals surface area contributed by atoms with Gasteiger partial charge < -0.3 is 5.32 Å².